The van der Waals surface area contributed by atoms with Crippen LogP contribution in [0.1, 0.15) is 11.1 Å². The summed E-state index contributed by atoms with van der Waals surface area (Å²) in [6, 6.07) is 8.28. The van der Waals surface area contributed by atoms with Crippen molar-refractivity contribution in [2.24, 2.45) is 0 Å². The van der Waals surface area contributed by atoms with Crippen LogP contribution in [0.4, 0.5) is 0 Å². The first-order valence-corrected chi connectivity index (χ1v) is 5.64. The lowest BCUT2D eigenvalue weighted by atomic mass is 10.0. The third-order valence-electron chi connectivity index (χ3n) is 3.16. The van der Waals surface area contributed by atoms with E-state index >= 15 is 0 Å². The molecule has 17 heavy (non-hydrogen) atoms. The largest absolute Gasteiger partial charge is 0.463 e. The molecule has 1 aromatic carbocycles. The van der Waals surface area contributed by atoms with Crippen LogP contribution in [0.2, 0.25) is 0 Å². The van der Waals surface area contributed by atoms with Crippen molar-refractivity contribution in [3.8, 4) is 11.3 Å². The van der Waals surface area contributed by atoms with Crippen LogP contribution >= 0.6 is 0 Å². The molecule has 3 rings (SSSR count). The Morgan fingerprint density at radius 1 is 1.00 bits per heavy atom. The van der Waals surface area contributed by atoms with Gasteiger partial charge in [0.05, 0.1) is 6.26 Å². The molecule has 2 heterocycles. The van der Waals surface area contributed by atoms with Gasteiger partial charge >= 0.3 is 0 Å². The van der Waals surface area contributed by atoms with E-state index in [0.29, 0.717) is 0 Å². The van der Waals surface area contributed by atoms with Gasteiger partial charge in [0.2, 0.25) is 0 Å². The molecule has 0 atom stereocenters. The summed E-state index contributed by atoms with van der Waals surface area (Å²) in [7, 11) is 0. The first-order chi connectivity index (χ1) is 8.25. The van der Waals surface area contributed by atoms with Gasteiger partial charge in [-0.3, -0.25) is 4.98 Å². The van der Waals surface area contributed by atoms with Crippen molar-refractivity contribution in [1.82, 2.24) is 4.98 Å². The molecule has 0 amide bonds. The van der Waals surface area contributed by atoms with Crippen molar-refractivity contribution in [2.45, 2.75) is 13.8 Å². The summed E-state index contributed by atoms with van der Waals surface area (Å²) in [6.07, 6.45) is 5.38. The summed E-state index contributed by atoms with van der Waals surface area (Å²) < 4.78 is 5.68. The van der Waals surface area contributed by atoms with Crippen molar-refractivity contribution in [1.29, 1.82) is 0 Å². The van der Waals surface area contributed by atoms with Gasteiger partial charge in [0.25, 0.3) is 0 Å². The van der Waals surface area contributed by atoms with E-state index in [-0.39, 0.29) is 0 Å². The Morgan fingerprint density at radius 3 is 2.47 bits per heavy atom. The van der Waals surface area contributed by atoms with Crippen LogP contribution in [0.5, 0.6) is 0 Å². The predicted molar refractivity (Wildman–Crippen MR) is 68.9 cm³/mol. The number of hydrogen-bond acceptors (Lipinski definition) is 2. The lowest BCUT2D eigenvalue weighted by Crippen LogP contribution is -1.81. The molecule has 0 bridgehead atoms. The van der Waals surface area contributed by atoms with Gasteiger partial charge in [0.1, 0.15) is 5.76 Å². The Hall–Kier alpha value is -2.09. The Kier molecular flexibility index (Phi) is 2.22. The second-order valence-corrected chi connectivity index (χ2v) is 4.32. The van der Waals surface area contributed by atoms with Gasteiger partial charge in [-0.25, -0.2) is 0 Å². The third-order valence-corrected chi connectivity index (χ3v) is 3.16. The van der Waals surface area contributed by atoms with Crippen LogP contribution in [-0.2, 0) is 0 Å². The highest BCUT2D eigenvalue weighted by Gasteiger charge is 2.09. The van der Waals surface area contributed by atoms with E-state index in [1.807, 2.05) is 18.4 Å². The van der Waals surface area contributed by atoms with Crippen molar-refractivity contribution < 1.29 is 4.42 Å². The van der Waals surface area contributed by atoms with Crippen LogP contribution in [0.3, 0.4) is 0 Å². The molecule has 2 nitrogen and oxygen atoms in total. The Morgan fingerprint density at radius 2 is 1.71 bits per heavy atom. The summed E-state index contributed by atoms with van der Waals surface area (Å²) in [5.74, 6) is 0.922. The normalized spacial score (nSPS) is 10.9. The number of furan rings is 1. The standard InChI is InChI=1S/C15H13NO/c1-10-7-13-9-17-15(14(13)8-11(10)2)12-3-5-16-6-4-12/h3-9H,1-2H3. The molecule has 0 saturated heterocycles. The molecule has 0 aliphatic carbocycles. The van der Waals surface area contributed by atoms with Crippen LogP contribution in [-0.4, -0.2) is 4.98 Å². The van der Waals surface area contributed by atoms with Gasteiger partial charge in [-0.1, -0.05) is 0 Å². The maximum atomic E-state index is 5.68. The Balaban J connectivity index is 2.29. The van der Waals surface area contributed by atoms with Gasteiger partial charge in [-0.15, -0.1) is 0 Å². The first-order valence-electron chi connectivity index (χ1n) is 5.64. The summed E-state index contributed by atoms with van der Waals surface area (Å²) in [6.45, 7) is 4.24. The first kappa shape index (κ1) is 10.1. The smallest absolute Gasteiger partial charge is 0.141 e. The zero-order valence-corrected chi connectivity index (χ0v) is 9.90. The van der Waals surface area contributed by atoms with Gasteiger partial charge < -0.3 is 4.42 Å². The van der Waals surface area contributed by atoms with Crippen LogP contribution in [0, 0.1) is 13.8 Å². The van der Waals surface area contributed by atoms with Gasteiger partial charge in [0, 0.05) is 28.7 Å². The lowest BCUT2D eigenvalue weighted by molar-refractivity contribution is 0.587. The third kappa shape index (κ3) is 1.62. The highest BCUT2D eigenvalue weighted by Crippen LogP contribution is 2.31. The number of benzene rings is 1. The number of pyridine rings is 1. The molecule has 2 aromatic heterocycles. The summed E-state index contributed by atoms with van der Waals surface area (Å²) in [5, 5.41) is 2.32. The fourth-order valence-electron chi connectivity index (χ4n) is 2.05. The van der Waals surface area contributed by atoms with E-state index in [4.69, 9.17) is 4.42 Å². The van der Waals surface area contributed by atoms with E-state index in [2.05, 4.69) is 31.0 Å². The highest BCUT2D eigenvalue weighted by molar-refractivity contribution is 5.94. The number of hydrogen-bond donors (Lipinski definition) is 0. The van der Waals surface area contributed by atoms with Gasteiger partial charge in [-0.05, 0) is 49.2 Å². The average Bonchev–Trinajstić information content (AvgIpc) is 2.74. The average molecular weight is 223 g/mol. The molecule has 0 radical (unpaired) electrons. The van der Waals surface area contributed by atoms with E-state index in [1.54, 1.807) is 12.4 Å². The van der Waals surface area contributed by atoms with Gasteiger partial charge in [0.15, 0.2) is 0 Å². The van der Waals surface area contributed by atoms with E-state index in [0.717, 1.165) is 16.7 Å². The maximum Gasteiger partial charge on any atom is 0.141 e. The molecule has 3 aromatic rings. The van der Waals surface area contributed by atoms with Gasteiger partial charge in [-0.2, -0.15) is 0 Å². The monoisotopic (exact) mass is 223 g/mol. The number of fused-ring (bicyclic) bond motifs is 1. The summed E-state index contributed by atoms with van der Waals surface area (Å²) >= 11 is 0. The Bertz CT molecular complexity index is 668. The van der Waals surface area contributed by atoms with Crippen molar-refractivity contribution in [3.63, 3.8) is 0 Å². The van der Waals surface area contributed by atoms with Crippen molar-refractivity contribution >= 4 is 10.8 Å². The lowest BCUT2D eigenvalue weighted by Gasteiger charge is -2.01. The number of nitrogens with zero attached hydrogens (tertiary/aromatic N) is 1. The molecule has 0 unspecified atom stereocenters. The molecule has 0 aliphatic rings. The van der Waals surface area contributed by atoms with Crippen molar-refractivity contribution in [3.05, 3.63) is 54.0 Å². The minimum atomic E-state index is 0.922. The van der Waals surface area contributed by atoms with Crippen molar-refractivity contribution in [2.75, 3.05) is 0 Å². The van der Waals surface area contributed by atoms with Crippen LogP contribution in [0.25, 0.3) is 22.1 Å². The zero-order chi connectivity index (χ0) is 11.8. The molecule has 0 fully saturated rings. The van der Waals surface area contributed by atoms with Crippen LogP contribution in [0.15, 0.2) is 47.3 Å². The second-order valence-electron chi connectivity index (χ2n) is 4.32. The molecule has 0 N–H and O–H groups in total. The molecular formula is C15H13NO. The number of aryl methyl sites for hydroxylation is 2. The SMILES string of the molecule is Cc1cc2coc(-c3ccncc3)c2cc1C. The van der Waals surface area contributed by atoms with E-state index < -0.39 is 0 Å². The molecule has 84 valence electrons. The Labute approximate surface area is 99.9 Å². The van der Waals surface area contributed by atoms with E-state index in [9.17, 15) is 0 Å². The molecular weight excluding hydrogens is 210 g/mol. The fraction of sp³-hybridized carbons (Fsp3) is 0.133. The number of rotatable bonds is 1. The maximum absolute atomic E-state index is 5.68. The topological polar surface area (TPSA) is 26.0 Å². The molecule has 0 aliphatic heterocycles. The predicted octanol–water partition coefficient (Wildman–Crippen LogP) is 4.11. The quantitative estimate of drug-likeness (QED) is 0.620. The summed E-state index contributed by atoms with van der Waals surface area (Å²) in [5.41, 5.74) is 3.65. The fourth-order valence-corrected chi connectivity index (χ4v) is 2.05. The molecule has 0 saturated carbocycles. The van der Waals surface area contributed by atoms with E-state index in [1.165, 1.54) is 16.5 Å². The van der Waals surface area contributed by atoms with Crippen LogP contribution < -0.4 is 0 Å². The minimum absolute atomic E-state index is 0.922. The zero-order valence-electron chi connectivity index (χ0n) is 9.90. The minimum Gasteiger partial charge on any atom is -0.463 e. The summed E-state index contributed by atoms with van der Waals surface area (Å²) in [4.78, 5) is 4.03. The second kappa shape index (κ2) is 3.74. The number of aromatic nitrogens is 1. The highest BCUT2D eigenvalue weighted by atomic mass is 16.3. The molecule has 0 spiro atoms. The molecule has 2 heteroatoms.